The molecule has 1 aliphatic rings. The number of benzene rings is 1. The number of non-ortho nitro benzene ring substituents is 1. The van der Waals surface area contributed by atoms with Crippen LogP contribution in [0, 0.1) is 10.1 Å². The van der Waals surface area contributed by atoms with Crippen molar-refractivity contribution in [3.05, 3.63) is 51.2 Å². The van der Waals surface area contributed by atoms with Crippen LogP contribution >= 0.6 is 11.6 Å². The number of carbonyl (C=O) groups is 1. The number of piperidine rings is 1. The van der Waals surface area contributed by atoms with Gasteiger partial charge in [0.1, 0.15) is 5.76 Å². The minimum Gasteiger partial charge on any atom is -0.451 e. The molecule has 0 aliphatic carbocycles. The van der Waals surface area contributed by atoms with E-state index in [-0.39, 0.29) is 22.4 Å². The van der Waals surface area contributed by atoms with Gasteiger partial charge < -0.3 is 14.6 Å². The fraction of sp³-hybridized carbons (Fsp3) is 0.450. The Hall–Kier alpha value is -2.38. The number of likely N-dealkylation sites (tertiary alicyclic amines) is 1. The summed E-state index contributed by atoms with van der Waals surface area (Å²) in [6.45, 7) is 5.17. The first-order valence-electron chi connectivity index (χ1n) is 9.62. The lowest BCUT2D eigenvalue weighted by Gasteiger charge is -2.30. The lowest BCUT2D eigenvalue weighted by molar-refractivity contribution is -0.928. The molecule has 2 atom stereocenters. The monoisotopic (exact) mass is 406 g/mol. The summed E-state index contributed by atoms with van der Waals surface area (Å²) >= 11 is 6.12. The van der Waals surface area contributed by atoms with Crippen LogP contribution in [0.2, 0.25) is 5.02 Å². The van der Waals surface area contributed by atoms with Crippen molar-refractivity contribution in [3.8, 4) is 11.3 Å². The third kappa shape index (κ3) is 4.91. The van der Waals surface area contributed by atoms with E-state index >= 15 is 0 Å². The first-order valence-corrected chi connectivity index (χ1v) is 10.0. The SMILES string of the molecule is C[C@H]1CCCC[NH+]1CCCNC(=O)c1ccc(-c2ccc([N+](=O)[O-])cc2Cl)o1. The van der Waals surface area contributed by atoms with Crippen molar-refractivity contribution < 1.29 is 19.0 Å². The molecule has 1 aromatic heterocycles. The molecular formula is C20H25ClN3O4+. The maximum Gasteiger partial charge on any atom is 0.287 e. The highest BCUT2D eigenvalue weighted by molar-refractivity contribution is 6.33. The highest BCUT2D eigenvalue weighted by Gasteiger charge is 2.21. The molecule has 2 aromatic rings. The molecule has 28 heavy (non-hydrogen) atoms. The lowest BCUT2D eigenvalue weighted by Crippen LogP contribution is -3.16. The highest BCUT2D eigenvalue weighted by Crippen LogP contribution is 2.32. The van der Waals surface area contributed by atoms with Crippen LogP contribution in [0.4, 0.5) is 5.69 Å². The number of amides is 1. The molecule has 0 spiro atoms. The second-order valence-electron chi connectivity index (χ2n) is 7.25. The summed E-state index contributed by atoms with van der Waals surface area (Å²) in [5.74, 6) is 0.325. The molecule has 8 heteroatoms. The molecular weight excluding hydrogens is 382 g/mol. The summed E-state index contributed by atoms with van der Waals surface area (Å²) in [5.41, 5.74) is 0.414. The average Bonchev–Trinajstić information content (AvgIpc) is 3.16. The first-order chi connectivity index (χ1) is 13.5. The van der Waals surface area contributed by atoms with Gasteiger partial charge in [0.15, 0.2) is 5.76 Å². The summed E-state index contributed by atoms with van der Waals surface area (Å²) in [6, 6.07) is 8.06. The highest BCUT2D eigenvalue weighted by atomic mass is 35.5. The Morgan fingerprint density at radius 1 is 1.36 bits per heavy atom. The third-order valence-corrected chi connectivity index (χ3v) is 5.61. The van der Waals surface area contributed by atoms with Crippen LogP contribution < -0.4 is 10.2 Å². The number of nitro benzene ring substituents is 1. The molecule has 7 nitrogen and oxygen atoms in total. The maximum absolute atomic E-state index is 12.3. The van der Waals surface area contributed by atoms with Crippen LogP contribution in [0.5, 0.6) is 0 Å². The molecule has 2 N–H and O–H groups in total. The molecule has 1 aromatic carbocycles. The van der Waals surface area contributed by atoms with Crippen LogP contribution in [0.15, 0.2) is 34.7 Å². The average molecular weight is 407 g/mol. The van der Waals surface area contributed by atoms with Gasteiger partial charge in [-0.05, 0) is 44.4 Å². The van der Waals surface area contributed by atoms with Gasteiger partial charge in [-0.3, -0.25) is 14.9 Å². The number of hydrogen-bond acceptors (Lipinski definition) is 4. The summed E-state index contributed by atoms with van der Waals surface area (Å²) in [5, 5.41) is 13.9. The van der Waals surface area contributed by atoms with Crippen molar-refractivity contribution in [1.29, 1.82) is 0 Å². The molecule has 2 heterocycles. The zero-order valence-corrected chi connectivity index (χ0v) is 16.6. The van der Waals surface area contributed by atoms with Crippen LogP contribution in [0.3, 0.4) is 0 Å². The van der Waals surface area contributed by atoms with E-state index in [1.807, 2.05) is 0 Å². The van der Waals surface area contributed by atoms with Gasteiger partial charge in [-0.15, -0.1) is 0 Å². The number of nitrogens with one attached hydrogen (secondary N) is 2. The molecule has 1 fully saturated rings. The fourth-order valence-electron chi connectivity index (χ4n) is 3.65. The first kappa shape index (κ1) is 20.4. The van der Waals surface area contributed by atoms with Gasteiger partial charge in [0.25, 0.3) is 11.6 Å². The van der Waals surface area contributed by atoms with E-state index in [1.54, 1.807) is 17.0 Å². The summed E-state index contributed by atoms with van der Waals surface area (Å²) in [4.78, 5) is 24.2. The molecule has 3 rings (SSSR count). The quantitative estimate of drug-likeness (QED) is 0.420. The number of halogens is 1. The number of hydrogen-bond donors (Lipinski definition) is 2. The normalized spacial score (nSPS) is 19.4. The number of rotatable bonds is 7. The number of quaternary nitrogens is 1. The summed E-state index contributed by atoms with van der Waals surface area (Å²) in [7, 11) is 0. The third-order valence-electron chi connectivity index (χ3n) is 5.30. The van der Waals surface area contributed by atoms with Gasteiger partial charge >= 0.3 is 0 Å². The maximum atomic E-state index is 12.3. The lowest BCUT2D eigenvalue weighted by atomic mass is 10.0. The predicted octanol–water partition coefficient (Wildman–Crippen LogP) is 3.09. The molecule has 0 saturated carbocycles. The van der Waals surface area contributed by atoms with Crippen LogP contribution in [0.25, 0.3) is 11.3 Å². The Morgan fingerprint density at radius 3 is 2.89 bits per heavy atom. The fourth-order valence-corrected chi connectivity index (χ4v) is 3.92. The van der Waals surface area contributed by atoms with Gasteiger partial charge in [-0.25, -0.2) is 0 Å². The predicted molar refractivity (Wildman–Crippen MR) is 107 cm³/mol. The van der Waals surface area contributed by atoms with Gasteiger partial charge in [0.05, 0.1) is 29.1 Å². The van der Waals surface area contributed by atoms with Crippen LogP contribution in [0.1, 0.15) is 43.2 Å². The van der Waals surface area contributed by atoms with E-state index in [0.717, 1.165) is 13.0 Å². The molecule has 0 bridgehead atoms. The zero-order chi connectivity index (χ0) is 20.1. The number of furan rings is 1. The van der Waals surface area contributed by atoms with Gasteiger partial charge in [0, 0.05) is 30.7 Å². The molecule has 1 saturated heterocycles. The van der Waals surface area contributed by atoms with Crippen molar-refractivity contribution in [1.82, 2.24) is 5.32 Å². The van der Waals surface area contributed by atoms with E-state index in [4.69, 9.17) is 16.0 Å². The zero-order valence-electron chi connectivity index (χ0n) is 15.9. The largest absolute Gasteiger partial charge is 0.451 e. The molecule has 0 radical (unpaired) electrons. The molecule has 1 amide bonds. The van der Waals surface area contributed by atoms with Crippen molar-refractivity contribution in [3.63, 3.8) is 0 Å². The van der Waals surface area contributed by atoms with E-state index in [9.17, 15) is 14.9 Å². The Kier molecular flexibility index (Phi) is 6.70. The number of carbonyl (C=O) groups excluding carboxylic acids is 1. The Morgan fingerprint density at radius 2 is 2.18 bits per heavy atom. The molecule has 1 unspecified atom stereocenters. The Bertz CT molecular complexity index is 852. The van der Waals surface area contributed by atoms with E-state index in [2.05, 4.69) is 12.2 Å². The van der Waals surface area contributed by atoms with E-state index in [0.29, 0.717) is 23.9 Å². The summed E-state index contributed by atoms with van der Waals surface area (Å²) in [6.07, 6.45) is 4.81. The standard InChI is InChI=1S/C20H24ClN3O4/c1-14-5-2-3-11-23(14)12-4-10-22-20(25)19-9-8-18(28-19)16-7-6-15(24(26)27)13-17(16)21/h6-9,13-14H,2-5,10-12H2,1H3,(H,22,25)/p+1/t14-/m0/s1. The topological polar surface area (TPSA) is 89.8 Å². The van der Waals surface area contributed by atoms with Crippen molar-refractivity contribution in [2.45, 2.75) is 38.6 Å². The smallest absolute Gasteiger partial charge is 0.287 e. The number of nitro groups is 1. The van der Waals surface area contributed by atoms with Crippen LogP contribution in [-0.4, -0.2) is 36.5 Å². The van der Waals surface area contributed by atoms with Gasteiger partial charge in [-0.1, -0.05) is 11.6 Å². The Labute approximate surface area is 168 Å². The van der Waals surface area contributed by atoms with Crippen molar-refractivity contribution >= 4 is 23.2 Å². The van der Waals surface area contributed by atoms with E-state index < -0.39 is 4.92 Å². The van der Waals surface area contributed by atoms with Crippen molar-refractivity contribution in [2.75, 3.05) is 19.6 Å². The minimum absolute atomic E-state index is 0.0940. The van der Waals surface area contributed by atoms with Crippen molar-refractivity contribution in [2.24, 2.45) is 0 Å². The van der Waals surface area contributed by atoms with Crippen LogP contribution in [-0.2, 0) is 0 Å². The van der Waals surface area contributed by atoms with Gasteiger partial charge in [0.2, 0.25) is 0 Å². The van der Waals surface area contributed by atoms with Gasteiger partial charge in [-0.2, -0.15) is 0 Å². The molecule has 150 valence electrons. The number of nitrogens with zero attached hydrogens (tertiary/aromatic N) is 1. The summed E-state index contributed by atoms with van der Waals surface area (Å²) < 4.78 is 5.61. The molecule has 1 aliphatic heterocycles. The minimum atomic E-state index is -0.511. The second-order valence-corrected chi connectivity index (χ2v) is 7.66. The Balaban J connectivity index is 1.53. The second kappa shape index (κ2) is 9.21. The van der Waals surface area contributed by atoms with E-state index in [1.165, 1.54) is 44.0 Å².